The largest absolute Gasteiger partial charge is 0.486 e. The Morgan fingerprint density at radius 1 is 1.29 bits per heavy atom. The smallest absolute Gasteiger partial charge is 0.239 e. The van der Waals surface area contributed by atoms with E-state index in [0.29, 0.717) is 36.8 Å². The van der Waals surface area contributed by atoms with E-state index in [2.05, 4.69) is 26.6 Å². The highest BCUT2D eigenvalue weighted by Gasteiger charge is 2.39. The molecule has 0 unspecified atom stereocenters. The molecule has 9 heteroatoms. The first-order valence-electron chi connectivity index (χ1n) is 7.61. The molecule has 2 aliphatic rings. The van der Waals surface area contributed by atoms with E-state index >= 15 is 0 Å². The molecular formula is C15H19BrN2O5S. The van der Waals surface area contributed by atoms with Crippen LogP contribution in [0.4, 0.5) is 5.69 Å². The van der Waals surface area contributed by atoms with E-state index in [0.717, 1.165) is 4.47 Å². The standard InChI is InChI=1S/C15H19BrN2O5S/c1-15(2-5-24(20,21)9-15)18-14(19)8-17-11-7-13-12(6-10(11)16)22-3-4-23-13/h6-7,17H,2-5,8-9H2,1H3,(H,18,19)/t15-/m1/s1. The molecule has 3 rings (SSSR count). The lowest BCUT2D eigenvalue weighted by Crippen LogP contribution is -2.48. The van der Waals surface area contributed by atoms with E-state index in [1.807, 2.05) is 0 Å². The number of hydrogen-bond acceptors (Lipinski definition) is 6. The molecule has 1 saturated heterocycles. The van der Waals surface area contributed by atoms with Crippen LogP contribution in [0.1, 0.15) is 13.3 Å². The molecule has 1 aromatic carbocycles. The van der Waals surface area contributed by atoms with Crippen LogP contribution in [0.5, 0.6) is 11.5 Å². The number of nitrogens with one attached hydrogen (secondary N) is 2. The van der Waals surface area contributed by atoms with Crippen molar-refractivity contribution >= 4 is 37.4 Å². The quantitative estimate of drug-likeness (QED) is 0.765. The number of anilines is 1. The Balaban J connectivity index is 1.61. The van der Waals surface area contributed by atoms with Gasteiger partial charge in [-0.05, 0) is 29.3 Å². The summed E-state index contributed by atoms with van der Waals surface area (Å²) in [5.41, 5.74) is 0.0142. The molecule has 0 aromatic heterocycles. The lowest BCUT2D eigenvalue weighted by Gasteiger charge is -2.24. The first-order valence-corrected chi connectivity index (χ1v) is 10.2. The minimum atomic E-state index is -3.06. The Morgan fingerprint density at radius 2 is 1.96 bits per heavy atom. The van der Waals surface area contributed by atoms with E-state index in [-0.39, 0.29) is 24.0 Å². The Labute approximate surface area is 149 Å². The molecule has 0 bridgehead atoms. The van der Waals surface area contributed by atoms with Crippen LogP contribution in [0.25, 0.3) is 0 Å². The van der Waals surface area contributed by atoms with Crippen LogP contribution < -0.4 is 20.1 Å². The second-order valence-corrected chi connectivity index (χ2v) is 9.32. The van der Waals surface area contributed by atoms with E-state index < -0.39 is 15.4 Å². The van der Waals surface area contributed by atoms with Crippen LogP contribution in [0.2, 0.25) is 0 Å². The van der Waals surface area contributed by atoms with E-state index in [1.165, 1.54) is 0 Å². The second kappa shape index (κ2) is 6.44. The van der Waals surface area contributed by atoms with Crippen molar-refractivity contribution in [2.24, 2.45) is 0 Å². The maximum atomic E-state index is 12.1. The molecule has 1 amide bonds. The number of benzene rings is 1. The molecule has 1 fully saturated rings. The number of rotatable bonds is 4. The number of amides is 1. The molecule has 2 heterocycles. The Morgan fingerprint density at radius 3 is 2.58 bits per heavy atom. The number of sulfone groups is 1. The van der Waals surface area contributed by atoms with Gasteiger partial charge in [0.05, 0.1) is 29.3 Å². The first kappa shape index (κ1) is 17.3. The number of carbonyl (C=O) groups is 1. The summed E-state index contributed by atoms with van der Waals surface area (Å²) in [6.07, 6.45) is 0.439. The summed E-state index contributed by atoms with van der Waals surface area (Å²) in [6.45, 7) is 2.79. The third-order valence-corrected chi connectivity index (χ3v) is 6.57. The molecule has 2 aliphatic heterocycles. The van der Waals surface area contributed by atoms with Gasteiger partial charge in [0.15, 0.2) is 21.3 Å². The summed E-state index contributed by atoms with van der Waals surface area (Å²) in [4.78, 5) is 12.1. The SMILES string of the molecule is C[C@@]1(NC(=O)CNc2cc3c(cc2Br)OCCO3)CCS(=O)(=O)C1. The Hall–Kier alpha value is -1.48. The number of halogens is 1. The third kappa shape index (κ3) is 3.94. The van der Waals surface area contributed by atoms with Gasteiger partial charge >= 0.3 is 0 Å². The van der Waals surface area contributed by atoms with Crippen molar-refractivity contribution in [1.82, 2.24) is 5.32 Å². The normalized spacial score (nSPS) is 24.4. The Bertz CT molecular complexity index is 767. The van der Waals surface area contributed by atoms with Crippen molar-refractivity contribution in [3.05, 3.63) is 16.6 Å². The van der Waals surface area contributed by atoms with Crippen molar-refractivity contribution in [2.45, 2.75) is 18.9 Å². The van der Waals surface area contributed by atoms with Gasteiger partial charge in [0.2, 0.25) is 5.91 Å². The van der Waals surface area contributed by atoms with Gasteiger partial charge in [-0.1, -0.05) is 0 Å². The summed E-state index contributed by atoms with van der Waals surface area (Å²) >= 11 is 3.43. The second-order valence-electron chi connectivity index (χ2n) is 6.28. The maximum absolute atomic E-state index is 12.1. The van der Waals surface area contributed by atoms with Gasteiger partial charge in [-0.15, -0.1) is 0 Å². The molecule has 24 heavy (non-hydrogen) atoms. The van der Waals surface area contributed by atoms with Crippen molar-refractivity contribution in [3.8, 4) is 11.5 Å². The van der Waals surface area contributed by atoms with Gasteiger partial charge in [0, 0.05) is 16.6 Å². The maximum Gasteiger partial charge on any atom is 0.239 e. The zero-order valence-corrected chi connectivity index (χ0v) is 15.6. The zero-order chi connectivity index (χ0) is 17.4. The fourth-order valence-corrected chi connectivity index (χ4v) is 5.42. The number of ether oxygens (including phenoxy) is 2. The molecule has 0 radical (unpaired) electrons. The number of fused-ring (bicyclic) bond motifs is 1. The van der Waals surface area contributed by atoms with Crippen molar-refractivity contribution in [2.75, 3.05) is 36.6 Å². The highest BCUT2D eigenvalue weighted by atomic mass is 79.9. The van der Waals surface area contributed by atoms with Crippen molar-refractivity contribution in [1.29, 1.82) is 0 Å². The summed E-state index contributed by atoms with van der Waals surface area (Å²) in [6, 6.07) is 3.56. The summed E-state index contributed by atoms with van der Waals surface area (Å²) in [5.74, 6) is 1.13. The summed E-state index contributed by atoms with van der Waals surface area (Å²) in [5, 5.41) is 5.84. The van der Waals surface area contributed by atoms with Crippen LogP contribution in [0.15, 0.2) is 16.6 Å². The van der Waals surface area contributed by atoms with Crippen molar-refractivity contribution < 1.29 is 22.7 Å². The first-order chi connectivity index (χ1) is 11.3. The van der Waals surface area contributed by atoms with Gasteiger partial charge in [-0.2, -0.15) is 0 Å². The van der Waals surface area contributed by atoms with Gasteiger partial charge in [0.1, 0.15) is 13.2 Å². The fraction of sp³-hybridized carbons (Fsp3) is 0.533. The average molecular weight is 419 g/mol. The molecule has 0 spiro atoms. The highest BCUT2D eigenvalue weighted by molar-refractivity contribution is 9.10. The van der Waals surface area contributed by atoms with Crippen LogP contribution in [0, 0.1) is 0 Å². The topological polar surface area (TPSA) is 93.7 Å². The van der Waals surface area contributed by atoms with E-state index in [1.54, 1.807) is 19.1 Å². The lowest BCUT2D eigenvalue weighted by molar-refractivity contribution is -0.120. The van der Waals surface area contributed by atoms with Crippen molar-refractivity contribution in [3.63, 3.8) is 0 Å². The molecule has 2 N–H and O–H groups in total. The zero-order valence-electron chi connectivity index (χ0n) is 13.2. The molecule has 1 atom stereocenters. The van der Waals surface area contributed by atoms with Crippen LogP contribution in [-0.2, 0) is 14.6 Å². The fourth-order valence-electron chi connectivity index (χ4n) is 2.86. The predicted octanol–water partition coefficient (Wildman–Crippen LogP) is 1.33. The van der Waals surface area contributed by atoms with E-state index in [9.17, 15) is 13.2 Å². The summed E-state index contributed by atoms with van der Waals surface area (Å²) in [7, 11) is -3.06. The molecule has 132 valence electrons. The predicted molar refractivity (Wildman–Crippen MR) is 93.4 cm³/mol. The molecule has 0 aliphatic carbocycles. The minimum absolute atomic E-state index is 0.0144. The molecule has 1 aromatic rings. The van der Waals surface area contributed by atoms with E-state index in [4.69, 9.17) is 9.47 Å². The van der Waals surface area contributed by atoms with Gasteiger partial charge in [-0.3, -0.25) is 4.79 Å². The van der Waals surface area contributed by atoms with Crippen LogP contribution >= 0.6 is 15.9 Å². The Kier molecular flexibility index (Phi) is 4.65. The molecule has 7 nitrogen and oxygen atoms in total. The van der Waals surface area contributed by atoms with Gasteiger partial charge in [-0.25, -0.2) is 8.42 Å². The molecular weight excluding hydrogens is 400 g/mol. The number of carbonyl (C=O) groups excluding carboxylic acids is 1. The monoisotopic (exact) mass is 418 g/mol. The van der Waals surface area contributed by atoms with Gasteiger partial charge in [0.25, 0.3) is 0 Å². The minimum Gasteiger partial charge on any atom is -0.486 e. The number of hydrogen-bond donors (Lipinski definition) is 2. The summed E-state index contributed by atoms with van der Waals surface area (Å²) < 4.78 is 34.9. The average Bonchev–Trinajstić information content (AvgIpc) is 2.78. The van der Waals surface area contributed by atoms with Crippen LogP contribution in [0.3, 0.4) is 0 Å². The van der Waals surface area contributed by atoms with Crippen LogP contribution in [-0.4, -0.2) is 51.1 Å². The highest BCUT2D eigenvalue weighted by Crippen LogP contribution is 2.38. The van der Waals surface area contributed by atoms with Gasteiger partial charge < -0.3 is 20.1 Å². The molecule has 0 saturated carbocycles. The third-order valence-electron chi connectivity index (χ3n) is 4.02. The lowest BCUT2D eigenvalue weighted by atomic mass is 10.0.